The molecule has 4 N–H and O–H groups in total. The van der Waals surface area contributed by atoms with E-state index in [0.717, 1.165) is 49.9 Å². The third-order valence-corrected chi connectivity index (χ3v) is 6.79. The number of rotatable bonds is 12. The Hall–Kier alpha value is -3.05. The molecule has 2 aromatic heterocycles. The number of carbonyl (C=O) groups excluding carboxylic acids is 1. The van der Waals surface area contributed by atoms with Gasteiger partial charge in [0.25, 0.3) is 0 Å². The van der Waals surface area contributed by atoms with E-state index in [1.807, 2.05) is 6.07 Å². The minimum atomic E-state index is -4.02. The summed E-state index contributed by atoms with van der Waals surface area (Å²) >= 11 is 0. The van der Waals surface area contributed by atoms with Crippen LogP contribution in [-0.2, 0) is 32.5 Å². The summed E-state index contributed by atoms with van der Waals surface area (Å²) in [6.45, 7) is 0.987. The fraction of sp³-hybridized carbons (Fsp3) is 0.455. The molecule has 10 nitrogen and oxygen atoms in total. The first-order valence-electron chi connectivity index (χ1n) is 11.0. The number of carboxylic acid groups (broad SMARTS) is 1. The van der Waals surface area contributed by atoms with Crippen LogP contribution in [0.5, 0.6) is 0 Å². The van der Waals surface area contributed by atoms with Crippen molar-refractivity contribution in [3.63, 3.8) is 0 Å². The van der Waals surface area contributed by atoms with E-state index in [4.69, 9.17) is 0 Å². The van der Waals surface area contributed by atoms with Crippen molar-refractivity contribution in [1.29, 1.82) is 0 Å². The highest BCUT2D eigenvalue weighted by atomic mass is 32.2. The van der Waals surface area contributed by atoms with Gasteiger partial charge >= 0.3 is 5.97 Å². The average molecular weight is 476 g/mol. The first-order valence-corrected chi connectivity index (χ1v) is 12.5. The van der Waals surface area contributed by atoms with Gasteiger partial charge in [0.2, 0.25) is 15.9 Å². The Morgan fingerprint density at radius 3 is 2.82 bits per heavy atom. The lowest BCUT2D eigenvalue weighted by Crippen LogP contribution is -2.43. The Labute approximate surface area is 193 Å². The van der Waals surface area contributed by atoms with Gasteiger partial charge < -0.3 is 15.7 Å². The number of aromatic nitrogens is 2. The van der Waals surface area contributed by atoms with Gasteiger partial charge in [0.1, 0.15) is 16.8 Å². The Kier molecular flexibility index (Phi) is 8.72. The predicted octanol–water partition coefficient (Wildman–Crippen LogP) is 1.49. The van der Waals surface area contributed by atoms with Gasteiger partial charge in [-0.25, -0.2) is 13.4 Å². The zero-order valence-corrected chi connectivity index (χ0v) is 19.1. The third-order valence-electron chi connectivity index (χ3n) is 5.33. The molecule has 3 heterocycles. The van der Waals surface area contributed by atoms with Crippen molar-refractivity contribution in [2.24, 2.45) is 0 Å². The fourth-order valence-electron chi connectivity index (χ4n) is 3.54. The van der Waals surface area contributed by atoms with Crippen LogP contribution in [0.25, 0.3) is 0 Å². The topological polar surface area (TPSA) is 150 Å². The highest BCUT2D eigenvalue weighted by molar-refractivity contribution is 7.89. The average Bonchev–Trinajstić information content (AvgIpc) is 2.81. The molecule has 1 aliphatic heterocycles. The van der Waals surface area contributed by atoms with E-state index >= 15 is 0 Å². The van der Waals surface area contributed by atoms with Crippen LogP contribution in [0.2, 0.25) is 0 Å². The normalized spacial score (nSPS) is 14.1. The van der Waals surface area contributed by atoms with E-state index in [1.54, 1.807) is 0 Å². The number of hydrogen-bond acceptors (Lipinski definition) is 7. The van der Waals surface area contributed by atoms with Crippen molar-refractivity contribution in [2.75, 3.05) is 18.4 Å². The van der Waals surface area contributed by atoms with Crippen LogP contribution < -0.4 is 15.4 Å². The Bertz CT molecular complexity index is 1060. The number of anilines is 1. The van der Waals surface area contributed by atoms with E-state index < -0.39 is 22.0 Å². The lowest BCUT2D eigenvalue weighted by Gasteiger charge is -2.17. The minimum absolute atomic E-state index is 0.0450. The lowest BCUT2D eigenvalue weighted by molar-refractivity contribution is -0.139. The van der Waals surface area contributed by atoms with Crippen LogP contribution >= 0.6 is 0 Å². The summed E-state index contributed by atoms with van der Waals surface area (Å²) in [5.74, 6) is -0.554. The van der Waals surface area contributed by atoms with Crippen molar-refractivity contribution in [1.82, 2.24) is 20.0 Å². The SMILES string of the molecule is O=C(CCCCc1ccc2c(n1)NCCC2)NCCC(NS(=O)(=O)c1cccnc1)C(=O)O. The molecule has 0 aliphatic carbocycles. The molecule has 1 amide bonds. The van der Waals surface area contributed by atoms with E-state index in [-0.39, 0.29) is 23.8 Å². The Morgan fingerprint density at radius 1 is 1.21 bits per heavy atom. The van der Waals surface area contributed by atoms with Crippen molar-refractivity contribution in [3.8, 4) is 0 Å². The van der Waals surface area contributed by atoms with Crippen molar-refractivity contribution in [3.05, 3.63) is 47.9 Å². The molecule has 0 bridgehead atoms. The molecule has 1 aliphatic rings. The van der Waals surface area contributed by atoms with Crippen LogP contribution in [0.15, 0.2) is 41.6 Å². The number of nitrogens with zero attached hydrogens (tertiary/aromatic N) is 2. The fourth-order valence-corrected chi connectivity index (χ4v) is 4.72. The van der Waals surface area contributed by atoms with Gasteiger partial charge in [-0.05, 0) is 62.3 Å². The number of pyridine rings is 2. The molecular weight excluding hydrogens is 446 g/mol. The molecule has 0 spiro atoms. The summed E-state index contributed by atoms with van der Waals surface area (Å²) in [4.78, 5) is 31.8. The molecular formula is C22H29N5O5S. The lowest BCUT2D eigenvalue weighted by atomic mass is 10.1. The summed E-state index contributed by atoms with van der Waals surface area (Å²) in [5, 5.41) is 15.3. The van der Waals surface area contributed by atoms with Gasteiger partial charge in [0.05, 0.1) is 0 Å². The Balaban J connectivity index is 1.37. The zero-order valence-electron chi connectivity index (χ0n) is 18.3. The second kappa shape index (κ2) is 11.7. The van der Waals surface area contributed by atoms with Crippen molar-refractivity contribution < 1.29 is 23.1 Å². The highest BCUT2D eigenvalue weighted by Gasteiger charge is 2.25. The van der Waals surface area contributed by atoms with Crippen LogP contribution in [0, 0.1) is 0 Å². The van der Waals surface area contributed by atoms with Gasteiger partial charge in [-0.1, -0.05) is 6.07 Å². The van der Waals surface area contributed by atoms with E-state index in [9.17, 15) is 23.1 Å². The van der Waals surface area contributed by atoms with Gasteiger partial charge in [-0.3, -0.25) is 14.6 Å². The molecule has 2 aromatic rings. The van der Waals surface area contributed by atoms with Crippen LogP contribution in [-0.4, -0.2) is 54.5 Å². The number of carbonyl (C=O) groups is 2. The van der Waals surface area contributed by atoms with E-state index in [2.05, 4.69) is 31.4 Å². The Morgan fingerprint density at radius 2 is 2.06 bits per heavy atom. The second-order valence-corrected chi connectivity index (χ2v) is 9.60. The van der Waals surface area contributed by atoms with Gasteiger partial charge in [0.15, 0.2) is 0 Å². The van der Waals surface area contributed by atoms with Crippen LogP contribution in [0.4, 0.5) is 5.82 Å². The first kappa shape index (κ1) is 24.6. The zero-order chi connectivity index (χ0) is 23.7. The number of amides is 1. The molecule has 0 radical (unpaired) electrons. The number of unbranched alkanes of at least 4 members (excludes halogenated alkanes) is 1. The first-order chi connectivity index (χ1) is 15.8. The largest absolute Gasteiger partial charge is 0.480 e. The van der Waals surface area contributed by atoms with Crippen molar-refractivity contribution >= 4 is 27.7 Å². The summed E-state index contributed by atoms with van der Waals surface area (Å²) in [6, 6.07) is 5.55. The second-order valence-electron chi connectivity index (χ2n) is 7.89. The standard InChI is InChI=1S/C22H29N5O5S/c28-20(8-2-1-6-17-10-9-16-5-3-13-25-21(16)26-17)24-14-11-19(22(29)30)27-33(31,32)18-7-4-12-23-15-18/h4,7,9-10,12,15,19,27H,1-3,5-6,8,11,13-14H2,(H,24,28)(H,25,26)(H,29,30). The minimum Gasteiger partial charge on any atom is -0.480 e. The molecule has 178 valence electrons. The number of sulfonamides is 1. The number of carboxylic acids is 1. The molecule has 1 atom stereocenters. The quantitative estimate of drug-likeness (QED) is 0.337. The van der Waals surface area contributed by atoms with Gasteiger partial charge in [0, 0.05) is 37.6 Å². The number of hydrogen-bond donors (Lipinski definition) is 4. The molecule has 0 saturated heterocycles. The van der Waals surface area contributed by atoms with Gasteiger partial charge in [-0.15, -0.1) is 0 Å². The molecule has 3 rings (SSSR count). The van der Waals surface area contributed by atoms with E-state index in [0.29, 0.717) is 12.8 Å². The predicted molar refractivity (Wildman–Crippen MR) is 122 cm³/mol. The summed E-state index contributed by atoms with van der Waals surface area (Å²) < 4.78 is 26.8. The number of aryl methyl sites for hydroxylation is 2. The molecule has 33 heavy (non-hydrogen) atoms. The van der Waals surface area contributed by atoms with Crippen LogP contribution in [0.1, 0.15) is 43.4 Å². The number of aliphatic carboxylic acids is 1. The maximum atomic E-state index is 12.3. The highest BCUT2D eigenvalue weighted by Crippen LogP contribution is 2.20. The molecule has 0 saturated carbocycles. The summed E-state index contributed by atoms with van der Waals surface area (Å²) in [6.07, 6.45) is 7.21. The van der Waals surface area contributed by atoms with Gasteiger partial charge in [-0.2, -0.15) is 4.72 Å². The molecule has 0 fully saturated rings. The third kappa shape index (κ3) is 7.50. The number of nitrogens with one attached hydrogen (secondary N) is 3. The van der Waals surface area contributed by atoms with E-state index in [1.165, 1.54) is 23.9 Å². The maximum absolute atomic E-state index is 12.3. The summed E-state index contributed by atoms with van der Waals surface area (Å²) in [7, 11) is -4.02. The van der Waals surface area contributed by atoms with Crippen molar-refractivity contribution in [2.45, 2.75) is 55.9 Å². The monoisotopic (exact) mass is 475 g/mol. The molecule has 0 aromatic carbocycles. The molecule has 11 heteroatoms. The summed E-state index contributed by atoms with van der Waals surface area (Å²) in [5.41, 5.74) is 2.24. The smallest absolute Gasteiger partial charge is 0.321 e. The maximum Gasteiger partial charge on any atom is 0.321 e. The molecule has 1 unspecified atom stereocenters. The number of fused-ring (bicyclic) bond motifs is 1. The van der Waals surface area contributed by atoms with Crippen LogP contribution in [0.3, 0.4) is 0 Å².